The van der Waals surface area contributed by atoms with Gasteiger partial charge in [0.1, 0.15) is 17.1 Å². The van der Waals surface area contributed by atoms with Crippen molar-refractivity contribution in [1.82, 2.24) is 4.98 Å². The predicted molar refractivity (Wildman–Crippen MR) is 71.9 cm³/mol. The van der Waals surface area contributed by atoms with Crippen LogP contribution in [0.4, 0.5) is 27.8 Å². The van der Waals surface area contributed by atoms with E-state index in [-0.39, 0.29) is 31.5 Å². The van der Waals surface area contributed by atoms with E-state index in [1.54, 1.807) is 0 Å². The van der Waals surface area contributed by atoms with E-state index in [1.165, 1.54) is 4.90 Å². The second-order valence-electron chi connectivity index (χ2n) is 5.52. The summed E-state index contributed by atoms with van der Waals surface area (Å²) < 4.78 is 65.8. The molecule has 0 atom stereocenters. The number of aromatic carboxylic acids is 1. The number of hydrogen-bond acceptors (Lipinski definition) is 3. The first-order valence-electron chi connectivity index (χ1n) is 6.96. The van der Waals surface area contributed by atoms with Gasteiger partial charge in [-0.2, -0.15) is 13.2 Å². The Morgan fingerprint density at radius 1 is 1.30 bits per heavy atom. The first kappa shape index (κ1) is 17.4. The van der Waals surface area contributed by atoms with Crippen LogP contribution in [0.1, 0.15) is 40.9 Å². The fraction of sp³-hybridized carbons (Fsp3) is 0.571. The maximum Gasteiger partial charge on any atom is 0.433 e. The molecule has 128 valence electrons. The SMILES string of the molecule is Cc1cc(C(=O)O)c(N2CCCC(F)(F)CC2)nc1C(F)(F)F. The first-order valence-corrected chi connectivity index (χ1v) is 6.96. The van der Waals surface area contributed by atoms with E-state index in [2.05, 4.69) is 4.98 Å². The molecular weight excluding hydrogens is 323 g/mol. The number of aryl methyl sites for hydroxylation is 1. The average Bonchev–Trinajstić information content (AvgIpc) is 2.58. The molecule has 1 aliphatic rings. The van der Waals surface area contributed by atoms with Crippen LogP contribution >= 0.6 is 0 Å². The van der Waals surface area contributed by atoms with Gasteiger partial charge in [-0.25, -0.2) is 18.6 Å². The van der Waals surface area contributed by atoms with Gasteiger partial charge in [0.2, 0.25) is 5.92 Å². The summed E-state index contributed by atoms with van der Waals surface area (Å²) in [5.41, 5.74) is -1.94. The van der Waals surface area contributed by atoms with E-state index >= 15 is 0 Å². The molecule has 0 radical (unpaired) electrons. The van der Waals surface area contributed by atoms with Crippen molar-refractivity contribution in [3.8, 4) is 0 Å². The fourth-order valence-corrected chi connectivity index (χ4v) is 2.56. The molecule has 9 heteroatoms. The van der Waals surface area contributed by atoms with Gasteiger partial charge in [-0.3, -0.25) is 0 Å². The molecule has 1 aliphatic heterocycles. The number of carbonyl (C=O) groups is 1. The number of hydrogen-bond donors (Lipinski definition) is 1. The zero-order valence-corrected chi connectivity index (χ0v) is 12.3. The lowest BCUT2D eigenvalue weighted by molar-refractivity contribution is -0.141. The number of pyridine rings is 1. The Bertz CT molecular complexity index is 616. The minimum absolute atomic E-state index is 0.0310. The zero-order valence-electron chi connectivity index (χ0n) is 12.3. The van der Waals surface area contributed by atoms with Gasteiger partial charge in [-0.1, -0.05) is 0 Å². The quantitative estimate of drug-likeness (QED) is 0.835. The van der Waals surface area contributed by atoms with Crippen molar-refractivity contribution in [1.29, 1.82) is 0 Å². The van der Waals surface area contributed by atoms with Crippen molar-refractivity contribution < 1.29 is 31.9 Å². The van der Waals surface area contributed by atoms with Gasteiger partial charge in [-0.15, -0.1) is 0 Å². The first-order chi connectivity index (χ1) is 10.5. The lowest BCUT2D eigenvalue weighted by Gasteiger charge is -2.25. The van der Waals surface area contributed by atoms with Crippen LogP contribution in [0.25, 0.3) is 0 Å². The van der Waals surface area contributed by atoms with Crippen LogP contribution < -0.4 is 4.90 Å². The summed E-state index contributed by atoms with van der Waals surface area (Å²) in [5.74, 6) is -4.76. The van der Waals surface area contributed by atoms with Crippen molar-refractivity contribution >= 4 is 11.8 Å². The van der Waals surface area contributed by atoms with Gasteiger partial charge in [-0.05, 0) is 25.0 Å². The maximum atomic E-state index is 13.4. The van der Waals surface area contributed by atoms with E-state index in [4.69, 9.17) is 0 Å². The van der Waals surface area contributed by atoms with Crippen LogP contribution in [0, 0.1) is 6.92 Å². The Kier molecular flexibility index (Phi) is 4.50. The van der Waals surface area contributed by atoms with Crippen LogP contribution in [0.5, 0.6) is 0 Å². The Labute approximate surface area is 128 Å². The van der Waals surface area contributed by atoms with E-state index < -0.39 is 41.6 Å². The van der Waals surface area contributed by atoms with Gasteiger partial charge in [0.15, 0.2) is 0 Å². The van der Waals surface area contributed by atoms with Crippen molar-refractivity contribution in [2.24, 2.45) is 0 Å². The van der Waals surface area contributed by atoms with Crippen molar-refractivity contribution in [2.75, 3.05) is 18.0 Å². The predicted octanol–water partition coefficient (Wildman–Crippen LogP) is 3.73. The van der Waals surface area contributed by atoms with Crippen LogP contribution in [0.2, 0.25) is 0 Å². The highest BCUT2D eigenvalue weighted by molar-refractivity contribution is 5.93. The Morgan fingerprint density at radius 2 is 1.96 bits per heavy atom. The Balaban J connectivity index is 2.49. The number of rotatable bonds is 2. The molecule has 2 heterocycles. The third-order valence-corrected chi connectivity index (χ3v) is 3.71. The third-order valence-electron chi connectivity index (χ3n) is 3.71. The summed E-state index contributed by atoms with van der Waals surface area (Å²) in [6, 6.07) is 0.885. The molecule has 2 rings (SSSR count). The van der Waals surface area contributed by atoms with Gasteiger partial charge >= 0.3 is 12.1 Å². The monoisotopic (exact) mass is 338 g/mol. The van der Waals surface area contributed by atoms with Gasteiger partial charge in [0.25, 0.3) is 0 Å². The van der Waals surface area contributed by atoms with E-state index in [1.807, 2.05) is 0 Å². The molecule has 0 bridgehead atoms. The number of nitrogens with zero attached hydrogens (tertiary/aromatic N) is 2. The minimum Gasteiger partial charge on any atom is -0.478 e. The molecule has 23 heavy (non-hydrogen) atoms. The van der Waals surface area contributed by atoms with Crippen molar-refractivity contribution in [3.05, 3.63) is 22.9 Å². The summed E-state index contributed by atoms with van der Waals surface area (Å²) >= 11 is 0. The standard InChI is InChI=1S/C14H15F5N2O2/c1-8-7-9(12(22)23)11(20-10(8)14(17,18)19)21-5-2-3-13(15,16)4-6-21/h7H,2-6H2,1H3,(H,22,23). The Hall–Kier alpha value is -1.93. The average molecular weight is 338 g/mol. The number of halogens is 5. The van der Waals surface area contributed by atoms with Crippen LogP contribution in [-0.4, -0.2) is 35.1 Å². The van der Waals surface area contributed by atoms with Gasteiger partial charge in [0.05, 0.1) is 0 Å². The topological polar surface area (TPSA) is 53.4 Å². The number of carboxylic acids is 1. The highest BCUT2D eigenvalue weighted by atomic mass is 19.4. The van der Waals surface area contributed by atoms with Gasteiger partial charge < -0.3 is 10.0 Å². The summed E-state index contributed by atoms with van der Waals surface area (Å²) in [7, 11) is 0. The lowest BCUT2D eigenvalue weighted by atomic mass is 10.1. The van der Waals surface area contributed by atoms with E-state index in [0.29, 0.717) is 0 Å². The molecule has 0 unspecified atom stereocenters. The molecule has 0 aliphatic carbocycles. The molecule has 0 saturated carbocycles. The Morgan fingerprint density at radius 3 is 2.52 bits per heavy atom. The number of aromatic nitrogens is 1. The fourth-order valence-electron chi connectivity index (χ4n) is 2.56. The van der Waals surface area contributed by atoms with Gasteiger partial charge in [0, 0.05) is 25.9 Å². The second kappa shape index (κ2) is 5.93. The molecule has 1 aromatic rings. The summed E-state index contributed by atoms with van der Waals surface area (Å²) in [6.45, 7) is 0.895. The second-order valence-corrected chi connectivity index (χ2v) is 5.52. The third kappa shape index (κ3) is 3.89. The highest BCUT2D eigenvalue weighted by Gasteiger charge is 2.38. The zero-order chi connectivity index (χ0) is 17.4. The molecule has 0 spiro atoms. The number of carboxylic acid groups (broad SMARTS) is 1. The summed E-state index contributed by atoms with van der Waals surface area (Å²) in [5, 5.41) is 9.19. The van der Waals surface area contributed by atoms with E-state index in [9.17, 15) is 31.9 Å². The normalized spacial score (nSPS) is 18.6. The molecule has 0 amide bonds. The molecule has 1 N–H and O–H groups in total. The van der Waals surface area contributed by atoms with E-state index in [0.717, 1.165) is 13.0 Å². The summed E-state index contributed by atoms with van der Waals surface area (Å²) in [6.07, 6.45) is -5.64. The van der Waals surface area contributed by atoms with Crippen molar-refractivity contribution in [3.63, 3.8) is 0 Å². The smallest absolute Gasteiger partial charge is 0.433 e. The number of anilines is 1. The lowest BCUT2D eigenvalue weighted by Crippen LogP contribution is -2.29. The summed E-state index contributed by atoms with van der Waals surface area (Å²) in [4.78, 5) is 15.9. The highest BCUT2D eigenvalue weighted by Crippen LogP contribution is 2.35. The number of alkyl halides is 5. The van der Waals surface area contributed by atoms with Crippen LogP contribution in [0.15, 0.2) is 6.07 Å². The van der Waals surface area contributed by atoms with Crippen molar-refractivity contribution in [2.45, 2.75) is 38.3 Å². The molecule has 1 saturated heterocycles. The molecule has 4 nitrogen and oxygen atoms in total. The van der Waals surface area contributed by atoms with Crippen LogP contribution in [-0.2, 0) is 6.18 Å². The minimum atomic E-state index is -4.74. The maximum absolute atomic E-state index is 13.4. The molecule has 1 aromatic heterocycles. The molecule has 1 fully saturated rings. The van der Waals surface area contributed by atoms with Crippen LogP contribution in [0.3, 0.4) is 0 Å². The molecular formula is C14H15F5N2O2. The largest absolute Gasteiger partial charge is 0.478 e. The molecule has 0 aromatic carbocycles.